The normalized spacial score (nSPS) is 19.2. The van der Waals surface area contributed by atoms with Crippen molar-refractivity contribution in [3.63, 3.8) is 0 Å². The number of pyridine rings is 1. The molecule has 0 radical (unpaired) electrons. The van der Waals surface area contributed by atoms with E-state index in [1.54, 1.807) is 18.9 Å². The minimum Gasteiger partial charge on any atom is -0.508 e. The number of rotatable bonds is 2. The van der Waals surface area contributed by atoms with Crippen molar-refractivity contribution in [2.75, 3.05) is 51.9 Å². The monoisotopic (exact) mass is 619 g/mol. The van der Waals surface area contributed by atoms with Crippen molar-refractivity contribution in [2.45, 2.75) is 38.4 Å². The zero-order valence-electron chi connectivity index (χ0n) is 24.1. The van der Waals surface area contributed by atoms with Gasteiger partial charge in [0, 0.05) is 37.2 Å². The number of aliphatic hydroxyl groups is 1. The van der Waals surface area contributed by atoms with Gasteiger partial charge in [0.2, 0.25) is 5.88 Å². The average Bonchev–Trinajstić information content (AvgIpc) is 3.52. The van der Waals surface area contributed by atoms with E-state index in [4.69, 9.17) is 26.2 Å². The Labute approximate surface area is 251 Å². The fourth-order valence-electron chi connectivity index (χ4n) is 5.73. The van der Waals surface area contributed by atoms with E-state index in [1.165, 1.54) is 44.2 Å². The topological polar surface area (TPSA) is 104 Å². The Morgan fingerprint density at radius 1 is 1.14 bits per heavy atom. The van der Waals surface area contributed by atoms with Crippen LogP contribution in [0.2, 0.25) is 5.02 Å². The van der Waals surface area contributed by atoms with Crippen LogP contribution >= 0.6 is 11.6 Å². The highest BCUT2D eigenvalue weighted by atomic mass is 35.5. The Hall–Kier alpha value is -3.61. The largest absolute Gasteiger partial charge is 0.508 e. The molecule has 4 aromatic rings. The van der Waals surface area contributed by atoms with Crippen LogP contribution in [0.25, 0.3) is 32.9 Å². The van der Waals surface area contributed by atoms with Gasteiger partial charge in [0.15, 0.2) is 5.82 Å². The van der Waals surface area contributed by atoms with E-state index in [0.29, 0.717) is 35.7 Å². The zero-order chi connectivity index (χ0) is 30.8. The number of anilines is 1. The van der Waals surface area contributed by atoms with Crippen LogP contribution in [0.5, 0.6) is 17.6 Å². The molecule has 2 atom stereocenters. The Morgan fingerprint density at radius 3 is 2.63 bits per heavy atom. The summed E-state index contributed by atoms with van der Waals surface area (Å²) >= 11 is 6.22. The average molecular weight is 620 g/mol. The van der Waals surface area contributed by atoms with Gasteiger partial charge in [-0.05, 0) is 56.3 Å². The first-order valence-electron chi connectivity index (χ1n) is 14.1. The highest BCUT2D eigenvalue weighted by molar-refractivity contribution is 6.37. The first-order chi connectivity index (χ1) is 20.7. The molecule has 0 aliphatic carbocycles. The molecular weight excluding hydrogens is 587 g/mol. The number of aliphatic hydroxyl groups excluding tert-OH is 1. The second-order valence-corrected chi connectivity index (χ2v) is 10.9. The number of halogens is 4. The summed E-state index contributed by atoms with van der Waals surface area (Å²) in [6.45, 7) is 4.54. The molecule has 2 unspecified atom stereocenters. The summed E-state index contributed by atoms with van der Waals surface area (Å²) in [4.78, 5) is 16.9. The van der Waals surface area contributed by atoms with E-state index in [9.17, 15) is 13.9 Å². The lowest BCUT2D eigenvalue weighted by Crippen LogP contribution is -2.22. The van der Waals surface area contributed by atoms with Crippen molar-refractivity contribution in [1.29, 1.82) is 0 Å². The van der Waals surface area contributed by atoms with E-state index < -0.39 is 17.8 Å². The van der Waals surface area contributed by atoms with E-state index in [-0.39, 0.29) is 58.0 Å². The van der Waals surface area contributed by atoms with Crippen LogP contribution in [0, 0.1) is 11.6 Å². The van der Waals surface area contributed by atoms with Crippen molar-refractivity contribution in [3.8, 4) is 28.9 Å². The van der Waals surface area contributed by atoms with Crippen molar-refractivity contribution in [1.82, 2.24) is 19.9 Å². The maximum atomic E-state index is 15.8. The second kappa shape index (κ2) is 12.9. The molecule has 5 heterocycles. The lowest BCUT2D eigenvalue weighted by atomic mass is 9.99. The van der Waals surface area contributed by atoms with Gasteiger partial charge in [0.1, 0.15) is 46.8 Å². The van der Waals surface area contributed by atoms with Gasteiger partial charge in [0.25, 0.3) is 0 Å². The fraction of sp³-hybridized carbons (Fsp3) is 0.433. The summed E-state index contributed by atoms with van der Waals surface area (Å²) in [5, 5.41) is 18.5. The predicted octanol–water partition coefficient (Wildman–Crippen LogP) is 5.51. The van der Waals surface area contributed by atoms with Gasteiger partial charge >= 0.3 is 6.01 Å². The van der Waals surface area contributed by atoms with Gasteiger partial charge in [-0.15, -0.1) is 0 Å². The molecule has 0 saturated carbocycles. The number of alkyl halides is 1. The van der Waals surface area contributed by atoms with E-state index in [1.807, 2.05) is 0 Å². The van der Waals surface area contributed by atoms with Crippen molar-refractivity contribution >= 4 is 39.1 Å². The number of aromatic nitrogens is 3. The maximum Gasteiger partial charge on any atom is 0.318 e. The van der Waals surface area contributed by atoms with Gasteiger partial charge in [-0.2, -0.15) is 9.97 Å². The van der Waals surface area contributed by atoms with Crippen molar-refractivity contribution < 1.29 is 32.9 Å². The molecule has 230 valence electrons. The molecule has 0 amide bonds. The number of phenols is 1. The minimum absolute atomic E-state index is 0.0249. The van der Waals surface area contributed by atoms with Crippen LogP contribution in [0.15, 0.2) is 24.3 Å². The van der Waals surface area contributed by atoms with Crippen LogP contribution in [0.3, 0.4) is 0 Å². The number of hydrogen-bond acceptors (Lipinski definition) is 9. The number of phenolic OH excluding ortho intramolecular Hbond substituents is 1. The van der Waals surface area contributed by atoms with Crippen LogP contribution in [-0.4, -0.2) is 89.3 Å². The smallest absolute Gasteiger partial charge is 0.318 e. The molecule has 43 heavy (non-hydrogen) atoms. The van der Waals surface area contributed by atoms with Crippen molar-refractivity contribution in [3.05, 3.63) is 40.9 Å². The summed E-state index contributed by atoms with van der Waals surface area (Å²) in [6, 6.07) is 5.90. The lowest BCUT2D eigenvalue weighted by molar-refractivity contribution is 0.292. The van der Waals surface area contributed by atoms with Crippen LogP contribution in [-0.2, 0) is 0 Å². The van der Waals surface area contributed by atoms with E-state index in [0.717, 1.165) is 13.0 Å². The Balaban J connectivity index is 0.000000255. The predicted molar refractivity (Wildman–Crippen MR) is 159 cm³/mol. The number of aromatic hydroxyl groups is 1. The number of benzene rings is 2. The molecule has 9 nitrogen and oxygen atoms in total. The number of likely N-dealkylation sites (N-methyl/N-ethyl adjacent to an activating group) is 1. The van der Waals surface area contributed by atoms with Gasteiger partial charge in [-0.1, -0.05) is 17.7 Å². The standard InChI is InChI=1S/C21H15ClF2N4O3.C7H12FN.C2H6O/c1-28-5-6-31-20-14-18(26-21(30-2)27-19(14)28)16(24)17(25-20)11-8-10(29)7-9-3-4-12(23)15(22)13(9)11;8-6-4-7-2-1-3-9(7)5-6;1-2-3/h3-4,7-8,29H,5-6H2,1-2H3;6-7H,1-5H2;3H,2H2,1H3. The number of hydrogen-bond donors (Lipinski definition) is 2. The molecule has 3 aliphatic heterocycles. The Morgan fingerprint density at radius 2 is 1.91 bits per heavy atom. The Bertz CT molecular complexity index is 1630. The SMILES string of the molecule is CCO.COc1nc2c3c(nc(-c4cc(O)cc5ccc(F)c(Cl)c45)c(F)c3n1)OCCN2C.FC1CC2CCCN2C1. The summed E-state index contributed by atoms with van der Waals surface area (Å²) in [6.07, 6.45) is 2.81. The van der Waals surface area contributed by atoms with Crippen molar-refractivity contribution in [2.24, 2.45) is 0 Å². The number of nitrogens with zero attached hydrogens (tertiary/aromatic N) is 5. The lowest BCUT2D eigenvalue weighted by Gasteiger charge is -2.17. The van der Waals surface area contributed by atoms with Gasteiger partial charge in [0.05, 0.1) is 18.7 Å². The first kappa shape index (κ1) is 30.8. The second-order valence-electron chi connectivity index (χ2n) is 10.5. The molecule has 2 N–H and O–H groups in total. The molecule has 2 fully saturated rings. The minimum atomic E-state index is -0.799. The highest BCUT2D eigenvalue weighted by Crippen LogP contribution is 2.43. The molecule has 3 aliphatic rings. The molecule has 0 spiro atoms. The highest BCUT2D eigenvalue weighted by Gasteiger charge is 2.34. The number of methoxy groups -OCH3 is 1. The molecule has 7 rings (SSSR count). The van der Waals surface area contributed by atoms with E-state index in [2.05, 4.69) is 19.9 Å². The maximum absolute atomic E-state index is 15.8. The quantitative estimate of drug-likeness (QED) is 0.301. The first-order valence-corrected chi connectivity index (χ1v) is 14.4. The van der Waals surface area contributed by atoms with Crippen LogP contribution in [0.1, 0.15) is 26.2 Å². The van der Waals surface area contributed by atoms with Crippen LogP contribution < -0.4 is 14.4 Å². The third kappa shape index (κ3) is 6.09. The molecule has 0 bridgehead atoms. The number of ether oxygens (including phenoxy) is 2. The third-order valence-corrected chi connectivity index (χ3v) is 8.00. The number of fused-ring (bicyclic) bond motifs is 2. The molecule has 2 aromatic carbocycles. The third-order valence-electron chi connectivity index (χ3n) is 7.63. The molecular formula is C30H33ClF3N5O4. The summed E-state index contributed by atoms with van der Waals surface area (Å²) in [5.41, 5.74) is -0.151. The summed E-state index contributed by atoms with van der Waals surface area (Å²) < 4.78 is 53.6. The molecule has 2 saturated heterocycles. The fourth-order valence-corrected chi connectivity index (χ4v) is 6.01. The Kier molecular flexibility index (Phi) is 9.28. The van der Waals surface area contributed by atoms with E-state index >= 15 is 4.39 Å². The van der Waals surface area contributed by atoms with Crippen LogP contribution in [0.4, 0.5) is 19.0 Å². The summed E-state index contributed by atoms with van der Waals surface area (Å²) in [7, 11) is 3.17. The molecule has 2 aromatic heterocycles. The summed E-state index contributed by atoms with van der Waals surface area (Å²) in [5.74, 6) is -1.09. The van der Waals surface area contributed by atoms with Gasteiger partial charge in [-0.25, -0.2) is 18.2 Å². The zero-order valence-corrected chi connectivity index (χ0v) is 24.8. The molecule has 13 heteroatoms. The van der Waals surface area contributed by atoms with Gasteiger partial charge in [-0.3, -0.25) is 4.90 Å². The van der Waals surface area contributed by atoms with Gasteiger partial charge < -0.3 is 24.6 Å².